The molecule has 0 saturated heterocycles. The second-order valence-electron chi connectivity index (χ2n) is 7.48. The van der Waals surface area contributed by atoms with Crippen molar-refractivity contribution in [2.24, 2.45) is 0 Å². The molecule has 0 aliphatic rings. The highest BCUT2D eigenvalue weighted by Gasteiger charge is 2.20. The van der Waals surface area contributed by atoms with Crippen LogP contribution in [0.2, 0.25) is 5.02 Å². The Balaban J connectivity index is 1.74. The number of amides is 1. The van der Waals surface area contributed by atoms with E-state index < -0.39 is 0 Å². The van der Waals surface area contributed by atoms with Gasteiger partial charge in [0, 0.05) is 40.8 Å². The van der Waals surface area contributed by atoms with Gasteiger partial charge in [-0.25, -0.2) is 9.37 Å². The molecule has 0 aliphatic heterocycles. The van der Waals surface area contributed by atoms with Gasteiger partial charge < -0.3 is 9.80 Å². The molecule has 4 aromatic rings. The molecule has 0 atom stereocenters. The molecule has 0 aliphatic carbocycles. The second-order valence-corrected chi connectivity index (χ2v) is 7.92. The maximum absolute atomic E-state index is 13.5. The van der Waals surface area contributed by atoms with Crippen molar-refractivity contribution in [2.45, 2.75) is 13.5 Å². The molecule has 6 heteroatoms. The summed E-state index contributed by atoms with van der Waals surface area (Å²) in [5.74, 6) is 0.199. The maximum Gasteiger partial charge on any atom is 0.258 e. The number of hydrogen-bond donors (Lipinski definition) is 0. The van der Waals surface area contributed by atoms with Crippen molar-refractivity contribution in [3.63, 3.8) is 0 Å². The van der Waals surface area contributed by atoms with Crippen molar-refractivity contribution in [1.29, 1.82) is 0 Å². The smallest absolute Gasteiger partial charge is 0.258 e. The normalized spacial score (nSPS) is 10.6. The summed E-state index contributed by atoms with van der Waals surface area (Å²) in [5.41, 5.74) is 2.97. The van der Waals surface area contributed by atoms with Crippen LogP contribution in [0, 0.1) is 5.82 Å². The van der Waals surface area contributed by atoms with Gasteiger partial charge in [-0.2, -0.15) is 0 Å². The van der Waals surface area contributed by atoms with Gasteiger partial charge in [-0.15, -0.1) is 0 Å². The largest absolute Gasteiger partial charge is 0.327 e. The van der Waals surface area contributed by atoms with Crippen LogP contribution in [-0.2, 0) is 6.54 Å². The zero-order chi connectivity index (χ0) is 23.2. The number of halogens is 2. The fraction of sp³-hybridized carbons (Fsp3) is 0.111. The molecule has 1 heterocycles. The molecular weight excluding hydrogens is 437 g/mol. The molecule has 0 saturated carbocycles. The first kappa shape index (κ1) is 22.5. The first-order chi connectivity index (χ1) is 16.0. The molecule has 0 fully saturated rings. The number of carbonyl (C=O) groups is 1. The van der Waals surface area contributed by atoms with Crippen LogP contribution in [0.1, 0.15) is 22.8 Å². The van der Waals surface area contributed by atoms with E-state index in [4.69, 9.17) is 11.6 Å². The predicted octanol–water partition coefficient (Wildman–Crippen LogP) is 6.88. The maximum atomic E-state index is 13.5. The van der Waals surface area contributed by atoms with E-state index in [9.17, 15) is 9.18 Å². The standard InChI is InChI=1S/C27H23ClFN3O/c1-2-31(24-9-4-3-5-10-24)26-18-25(15-16-30-26)32(19-20-11-13-23(29)14-12-20)27(33)21-7-6-8-22(28)17-21/h3-18H,2,19H2,1H3. The minimum Gasteiger partial charge on any atom is -0.327 e. The Labute approximate surface area is 197 Å². The van der Waals surface area contributed by atoms with Gasteiger partial charge >= 0.3 is 0 Å². The molecule has 0 radical (unpaired) electrons. The van der Waals surface area contributed by atoms with E-state index in [1.807, 2.05) is 36.4 Å². The lowest BCUT2D eigenvalue weighted by Crippen LogP contribution is -2.31. The van der Waals surface area contributed by atoms with E-state index in [0.29, 0.717) is 22.8 Å². The van der Waals surface area contributed by atoms with Crippen LogP contribution in [0.4, 0.5) is 21.6 Å². The number of nitrogens with zero attached hydrogens (tertiary/aromatic N) is 3. The Morgan fingerprint density at radius 2 is 1.67 bits per heavy atom. The van der Waals surface area contributed by atoms with E-state index in [1.165, 1.54) is 12.1 Å². The Morgan fingerprint density at radius 1 is 0.909 bits per heavy atom. The second kappa shape index (κ2) is 10.3. The summed E-state index contributed by atoms with van der Waals surface area (Å²) < 4.78 is 13.4. The summed E-state index contributed by atoms with van der Waals surface area (Å²) in [7, 11) is 0. The quantitative estimate of drug-likeness (QED) is 0.302. The number of benzene rings is 3. The van der Waals surface area contributed by atoms with Gasteiger partial charge in [-0.3, -0.25) is 4.79 Å². The summed E-state index contributed by atoms with van der Waals surface area (Å²) in [6.45, 7) is 3.03. The number of rotatable bonds is 7. The number of aromatic nitrogens is 1. The molecule has 166 valence electrons. The van der Waals surface area contributed by atoms with Crippen LogP contribution in [0.3, 0.4) is 0 Å². The summed E-state index contributed by atoms with van der Waals surface area (Å²) in [4.78, 5) is 21.8. The van der Waals surface area contributed by atoms with Crippen LogP contribution in [0.5, 0.6) is 0 Å². The van der Waals surface area contributed by atoms with Crippen molar-refractivity contribution in [3.8, 4) is 0 Å². The lowest BCUT2D eigenvalue weighted by atomic mass is 10.1. The number of pyridine rings is 1. The van der Waals surface area contributed by atoms with Crippen molar-refractivity contribution in [3.05, 3.63) is 119 Å². The van der Waals surface area contributed by atoms with Crippen LogP contribution in [0.15, 0.2) is 97.2 Å². The van der Waals surface area contributed by atoms with Gasteiger partial charge in [-0.05, 0) is 61.0 Å². The Hall–Kier alpha value is -3.70. The zero-order valence-corrected chi connectivity index (χ0v) is 18.9. The van der Waals surface area contributed by atoms with Crippen molar-refractivity contribution in [1.82, 2.24) is 4.98 Å². The highest BCUT2D eigenvalue weighted by atomic mass is 35.5. The van der Waals surface area contributed by atoms with Crippen LogP contribution in [0.25, 0.3) is 0 Å². The third-order valence-electron chi connectivity index (χ3n) is 5.27. The van der Waals surface area contributed by atoms with Gasteiger partial charge in [0.2, 0.25) is 0 Å². The summed E-state index contributed by atoms with van der Waals surface area (Å²) in [6.07, 6.45) is 1.69. The predicted molar refractivity (Wildman–Crippen MR) is 132 cm³/mol. The zero-order valence-electron chi connectivity index (χ0n) is 18.2. The highest BCUT2D eigenvalue weighted by Crippen LogP contribution is 2.28. The van der Waals surface area contributed by atoms with Gasteiger partial charge in [0.15, 0.2) is 0 Å². The van der Waals surface area contributed by atoms with Gasteiger partial charge in [0.25, 0.3) is 5.91 Å². The molecule has 0 spiro atoms. The van der Waals surface area contributed by atoms with E-state index in [-0.39, 0.29) is 18.3 Å². The lowest BCUT2D eigenvalue weighted by Gasteiger charge is -2.26. The van der Waals surface area contributed by atoms with Crippen LogP contribution >= 0.6 is 11.6 Å². The fourth-order valence-corrected chi connectivity index (χ4v) is 3.83. The molecule has 0 bridgehead atoms. The van der Waals surface area contributed by atoms with E-state index in [1.54, 1.807) is 53.6 Å². The molecule has 0 N–H and O–H groups in total. The molecule has 1 amide bonds. The van der Waals surface area contributed by atoms with Gasteiger partial charge in [0.1, 0.15) is 11.6 Å². The molecule has 4 rings (SSSR count). The van der Waals surface area contributed by atoms with Crippen molar-refractivity contribution in [2.75, 3.05) is 16.3 Å². The minimum absolute atomic E-state index is 0.207. The lowest BCUT2D eigenvalue weighted by molar-refractivity contribution is 0.0985. The third-order valence-corrected chi connectivity index (χ3v) is 5.51. The number of carbonyl (C=O) groups excluding carboxylic acids is 1. The third kappa shape index (κ3) is 5.38. The number of hydrogen-bond acceptors (Lipinski definition) is 3. The molecule has 4 nitrogen and oxygen atoms in total. The van der Waals surface area contributed by atoms with E-state index >= 15 is 0 Å². The average molecular weight is 460 g/mol. The fourth-order valence-electron chi connectivity index (χ4n) is 3.64. The van der Waals surface area contributed by atoms with Crippen LogP contribution in [-0.4, -0.2) is 17.4 Å². The van der Waals surface area contributed by atoms with Crippen LogP contribution < -0.4 is 9.80 Å². The Kier molecular flexibility index (Phi) is 7.01. The van der Waals surface area contributed by atoms with Crippen molar-refractivity contribution < 1.29 is 9.18 Å². The minimum atomic E-state index is -0.320. The van der Waals surface area contributed by atoms with Gasteiger partial charge in [0.05, 0.1) is 6.54 Å². The first-order valence-corrected chi connectivity index (χ1v) is 11.0. The number of para-hydroxylation sites is 1. The summed E-state index contributed by atoms with van der Waals surface area (Å²) in [6, 6.07) is 26.6. The van der Waals surface area contributed by atoms with Gasteiger partial charge in [-0.1, -0.05) is 48.0 Å². The highest BCUT2D eigenvalue weighted by molar-refractivity contribution is 6.31. The first-order valence-electron chi connectivity index (χ1n) is 10.7. The molecule has 3 aromatic carbocycles. The topological polar surface area (TPSA) is 36.4 Å². The summed E-state index contributed by atoms with van der Waals surface area (Å²) >= 11 is 6.14. The molecular formula is C27H23ClFN3O. The average Bonchev–Trinajstić information content (AvgIpc) is 2.85. The Bertz CT molecular complexity index is 1230. The Morgan fingerprint density at radius 3 is 2.36 bits per heavy atom. The molecule has 33 heavy (non-hydrogen) atoms. The monoisotopic (exact) mass is 459 g/mol. The summed E-state index contributed by atoms with van der Waals surface area (Å²) in [5, 5.41) is 0.485. The molecule has 1 aromatic heterocycles. The SMILES string of the molecule is CCN(c1ccccc1)c1cc(N(Cc2ccc(F)cc2)C(=O)c2cccc(Cl)c2)ccn1. The van der Waals surface area contributed by atoms with E-state index in [2.05, 4.69) is 16.8 Å². The van der Waals surface area contributed by atoms with E-state index in [0.717, 1.165) is 17.1 Å². The van der Waals surface area contributed by atoms with Crippen molar-refractivity contribution >= 4 is 34.7 Å². The molecule has 0 unspecified atom stereocenters. The number of anilines is 3.